The van der Waals surface area contributed by atoms with Crippen molar-refractivity contribution in [3.05, 3.63) is 11.8 Å². The first-order valence-corrected chi connectivity index (χ1v) is 4.84. The van der Waals surface area contributed by atoms with Gasteiger partial charge >= 0.3 is 0 Å². The van der Waals surface area contributed by atoms with Gasteiger partial charge in [-0.2, -0.15) is 0 Å². The molecule has 1 aromatic rings. The lowest BCUT2D eigenvalue weighted by atomic mass is 10.2. The molecule has 0 bridgehead atoms. The highest BCUT2D eigenvalue weighted by molar-refractivity contribution is 6.18. The van der Waals surface area contributed by atoms with E-state index in [4.69, 9.17) is 20.8 Å². The van der Waals surface area contributed by atoms with Gasteiger partial charge in [0.15, 0.2) is 0 Å². The van der Waals surface area contributed by atoms with Crippen LogP contribution in [0.3, 0.4) is 0 Å². The van der Waals surface area contributed by atoms with Gasteiger partial charge in [0.05, 0.1) is 6.10 Å². The van der Waals surface area contributed by atoms with E-state index in [9.17, 15) is 0 Å². The fourth-order valence-electron chi connectivity index (χ4n) is 1.44. The lowest BCUT2D eigenvalue weighted by Crippen LogP contribution is -2.07. The Labute approximate surface area is 81.2 Å². The molecule has 0 aliphatic carbocycles. The summed E-state index contributed by atoms with van der Waals surface area (Å²) in [5, 5.41) is 7.66. The molecule has 72 valence electrons. The molecule has 0 saturated carbocycles. The minimum Gasteiger partial charge on any atom is -0.423 e. The van der Waals surface area contributed by atoms with Gasteiger partial charge in [0.2, 0.25) is 11.8 Å². The number of halogens is 1. The van der Waals surface area contributed by atoms with Crippen LogP contribution in [0.25, 0.3) is 0 Å². The van der Waals surface area contributed by atoms with Gasteiger partial charge in [-0.25, -0.2) is 0 Å². The number of rotatable bonds is 2. The Morgan fingerprint density at radius 1 is 1.46 bits per heavy atom. The maximum atomic E-state index is 5.67. The molecule has 0 N–H and O–H groups in total. The summed E-state index contributed by atoms with van der Waals surface area (Å²) in [6.07, 6.45) is 1.97. The molecule has 1 aliphatic heterocycles. The maximum Gasteiger partial charge on any atom is 0.245 e. The molecule has 2 atom stereocenters. The van der Waals surface area contributed by atoms with E-state index in [1.165, 1.54) is 0 Å². The second-order valence-electron chi connectivity index (χ2n) is 3.14. The van der Waals surface area contributed by atoms with Gasteiger partial charge in [0.1, 0.15) is 6.10 Å². The summed E-state index contributed by atoms with van der Waals surface area (Å²) in [7, 11) is 0. The molecule has 1 fully saturated rings. The third-order valence-electron chi connectivity index (χ3n) is 2.10. The molecule has 4 nitrogen and oxygen atoms in total. The van der Waals surface area contributed by atoms with Crippen molar-refractivity contribution in [2.75, 3.05) is 5.88 Å². The van der Waals surface area contributed by atoms with Crippen molar-refractivity contribution < 1.29 is 9.15 Å². The zero-order chi connectivity index (χ0) is 9.26. The Morgan fingerprint density at radius 2 is 2.31 bits per heavy atom. The topological polar surface area (TPSA) is 48.2 Å². The summed E-state index contributed by atoms with van der Waals surface area (Å²) in [6.45, 7) is 1.77. The lowest BCUT2D eigenvalue weighted by Gasteiger charge is -2.06. The van der Waals surface area contributed by atoms with E-state index >= 15 is 0 Å². The molecule has 5 heteroatoms. The first-order valence-electron chi connectivity index (χ1n) is 4.31. The van der Waals surface area contributed by atoms with E-state index < -0.39 is 0 Å². The van der Waals surface area contributed by atoms with Crippen LogP contribution in [0.2, 0.25) is 0 Å². The first-order chi connectivity index (χ1) is 6.29. The minimum atomic E-state index is -0.0510. The minimum absolute atomic E-state index is 0.0510. The van der Waals surface area contributed by atoms with E-state index in [-0.39, 0.29) is 12.2 Å². The van der Waals surface area contributed by atoms with Crippen LogP contribution in [0.15, 0.2) is 4.42 Å². The number of hydrogen-bond donors (Lipinski definition) is 0. The summed E-state index contributed by atoms with van der Waals surface area (Å²) < 4.78 is 10.9. The van der Waals surface area contributed by atoms with Crippen molar-refractivity contribution in [3.8, 4) is 0 Å². The van der Waals surface area contributed by atoms with Crippen LogP contribution in [-0.2, 0) is 4.74 Å². The van der Waals surface area contributed by atoms with Crippen LogP contribution in [-0.4, -0.2) is 22.2 Å². The number of hydrogen-bond acceptors (Lipinski definition) is 4. The largest absolute Gasteiger partial charge is 0.423 e. The third-order valence-corrected chi connectivity index (χ3v) is 2.44. The van der Waals surface area contributed by atoms with Crippen LogP contribution in [0, 0.1) is 6.92 Å². The highest BCUT2D eigenvalue weighted by atomic mass is 35.5. The quantitative estimate of drug-likeness (QED) is 0.687. The molecule has 0 aromatic carbocycles. The van der Waals surface area contributed by atoms with Gasteiger partial charge in [0.25, 0.3) is 0 Å². The van der Waals surface area contributed by atoms with Crippen molar-refractivity contribution in [3.63, 3.8) is 0 Å². The predicted octanol–water partition coefficient (Wildman–Crippen LogP) is 1.84. The molecule has 0 spiro atoms. The van der Waals surface area contributed by atoms with E-state index in [0.29, 0.717) is 17.7 Å². The van der Waals surface area contributed by atoms with Crippen LogP contribution in [0.1, 0.15) is 30.7 Å². The van der Waals surface area contributed by atoms with Gasteiger partial charge in [-0.15, -0.1) is 21.8 Å². The van der Waals surface area contributed by atoms with Crippen molar-refractivity contribution in [1.82, 2.24) is 10.2 Å². The van der Waals surface area contributed by atoms with Crippen LogP contribution in [0.5, 0.6) is 0 Å². The number of nitrogens with zero attached hydrogens (tertiary/aromatic N) is 2. The Bertz CT molecular complexity index is 289. The lowest BCUT2D eigenvalue weighted by molar-refractivity contribution is 0.0403. The van der Waals surface area contributed by atoms with E-state index in [0.717, 1.165) is 12.8 Å². The normalized spacial score (nSPS) is 28.2. The van der Waals surface area contributed by atoms with Crippen molar-refractivity contribution >= 4 is 11.6 Å². The highest BCUT2D eigenvalue weighted by Gasteiger charge is 2.29. The zero-order valence-corrected chi connectivity index (χ0v) is 8.12. The average Bonchev–Trinajstić information content (AvgIpc) is 2.71. The Balaban J connectivity index is 2.03. The SMILES string of the molecule is Cc1nnc([C@@H]2CC[C@H](CCl)O2)o1. The van der Waals surface area contributed by atoms with E-state index in [1.54, 1.807) is 6.92 Å². The standard InChI is InChI=1S/C8H11ClN2O2/c1-5-10-11-8(12-5)7-3-2-6(4-9)13-7/h6-7H,2-4H2,1H3/t6-,7+/m1/s1. The van der Waals surface area contributed by atoms with Crippen LogP contribution < -0.4 is 0 Å². The monoisotopic (exact) mass is 202 g/mol. The van der Waals surface area contributed by atoms with Crippen LogP contribution >= 0.6 is 11.6 Å². The number of aryl methyl sites for hydroxylation is 1. The number of aromatic nitrogens is 2. The zero-order valence-electron chi connectivity index (χ0n) is 7.36. The third kappa shape index (κ3) is 1.84. The second-order valence-corrected chi connectivity index (χ2v) is 3.45. The molecule has 0 radical (unpaired) electrons. The first kappa shape index (κ1) is 8.97. The Morgan fingerprint density at radius 3 is 2.85 bits per heavy atom. The molecule has 1 aliphatic rings. The predicted molar refractivity (Wildman–Crippen MR) is 46.6 cm³/mol. The molecule has 1 saturated heterocycles. The van der Waals surface area contributed by atoms with Gasteiger partial charge in [0, 0.05) is 12.8 Å². The van der Waals surface area contributed by atoms with Crippen molar-refractivity contribution in [2.24, 2.45) is 0 Å². The molecule has 2 heterocycles. The molecular weight excluding hydrogens is 192 g/mol. The van der Waals surface area contributed by atoms with Crippen molar-refractivity contribution in [2.45, 2.75) is 32.0 Å². The second kappa shape index (κ2) is 3.64. The fourth-order valence-corrected chi connectivity index (χ4v) is 1.67. The van der Waals surface area contributed by atoms with E-state index in [1.807, 2.05) is 0 Å². The fraction of sp³-hybridized carbons (Fsp3) is 0.750. The van der Waals surface area contributed by atoms with E-state index in [2.05, 4.69) is 10.2 Å². The highest BCUT2D eigenvalue weighted by Crippen LogP contribution is 2.32. The Kier molecular flexibility index (Phi) is 2.51. The number of alkyl halides is 1. The molecule has 2 rings (SSSR count). The summed E-state index contributed by atoms with van der Waals surface area (Å²) >= 11 is 5.67. The summed E-state index contributed by atoms with van der Waals surface area (Å²) in [4.78, 5) is 0. The Hall–Kier alpha value is -0.610. The van der Waals surface area contributed by atoms with Gasteiger partial charge in [-0.1, -0.05) is 0 Å². The van der Waals surface area contributed by atoms with Gasteiger partial charge in [-0.05, 0) is 12.8 Å². The molecule has 1 aromatic heterocycles. The summed E-state index contributed by atoms with van der Waals surface area (Å²) in [5.41, 5.74) is 0. The number of ether oxygens (including phenoxy) is 1. The molecular formula is C8H11ClN2O2. The summed E-state index contributed by atoms with van der Waals surface area (Å²) in [5.74, 6) is 1.68. The smallest absolute Gasteiger partial charge is 0.245 e. The molecule has 0 amide bonds. The van der Waals surface area contributed by atoms with Crippen molar-refractivity contribution in [1.29, 1.82) is 0 Å². The van der Waals surface area contributed by atoms with Gasteiger partial charge < -0.3 is 9.15 Å². The molecule has 13 heavy (non-hydrogen) atoms. The average molecular weight is 203 g/mol. The van der Waals surface area contributed by atoms with Crippen LogP contribution in [0.4, 0.5) is 0 Å². The molecule has 0 unspecified atom stereocenters. The van der Waals surface area contributed by atoms with Gasteiger partial charge in [-0.3, -0.25) is 0 Å². The maximum absolute atomic E-state index is 5.67. The summed E-state index contributed by atoms with van der Waals surface area (Å²) in [6, 6.07) is 0.